The first-order chi connectivity index (χ1) is 6.86. The van der Waals surface area contributed by atoms with Gasteiger partial charge in [-0.3, -0.25) is 4.98 Å². The average Bonchev–Trinajstić information content (AvgIpc) is 2.69. The van der Waals surface area contributed by atoms with Crippen molar-refractivity contribution in [1.29, 1.82) is 0 Å². The zero-order valence-corrected chi connectivity index (χ0v) is 9.65. The van der Waals surface area contributed by atoms with Gasteiger partial charge in [-0.1, -0.05) is 0 Å². The summed E-state index contributed by atoms with van der Waals surface area (Å²) in [6.07, 6.45) is 3.11. The number of hydrogen-bond donors (Lipinski definition) is 2. The molecule has 2 rings (SSSR count). The number of nitrogens with zero attached hydrogens (tertiary/aromatic N) is 1. The standard InChI is InChI=1S/C10H14N2S2/c13-10-2-1-4-12-9(10)7-14-8-3-5-11-6-8/h1-2,4,8,11,13H,3,5-7H2. The second-order valence-corrected chi connectivity index (χ2v) is 5.17. The number of aromatic nitrogens is 1. The molecule has 1 fully saturated rings. The molecule has 1 N–H and O–H groups in total. The van der Waals surface area contributed by atoms with Crippen LogP contribution in [-0.4, -0.2) is 23.3 Å². The van der Waals surface area contributed by atoms with Gasteiger partial charge in [0.15, 0.2) is 0 Å². The van der Waals surface area contributed by atoms with E-state index in [2.05, 4.69) is 22.9 Å². The maximum Gasteiger partial charge on any atom is 0.0635 e. The van der Waals surface area contributed by atoms with Crippen LogP contribution in [0, 0.1) is 0 Å². The Morgan fingerprint density at radius 1 is 1.64 bits per heavy atom. The highest BCUT2D eigenvalue weighted by Gasteiger charge is 2.15. The average molecular weight is 226 g/mol. The molecule has 1 aromatic heterocycles. The molecule has 0 aliphatic carbocycles. The van der Waals surface area contributed by atoms with Crippen molar-refractivity contribution in [2.75, 3.05) is 13.1 Å². The molecule has 0 bridgehead atoms. The van der Waals surface area contributed by atoms with Gasteiger partial charge in [0.1, 0.15) is 0 Å². The Morgan fingerprint density at radius 3 is 3.29 bits per heavy atom. The second-order valence-electron chi connectivity index (χ2n) is 3.40. The summed E-state index contributed by atoms with van der Waals surface area (Å²) in [5.74, 6) is 0.978. The first-order valence-corrected chi connectivity index (χ1v) is 6.31. The Balaban J connectivity index is 1.88. The summed E-state index contributed by atoms with van der Waals surface area (Å²) in [5.41, 5.74) is 1.10. The Morgan fingerprint density at radius 2 is 2.57 bits per heavy atom. The van der Waals surface area contributed by atoms with Gasteiger partial charge in [-0.2, -0.15) is 11.8 Å². The van der Waals surface area contributed by atoms with Crippen molar-refractivity contribution in [3.05, 3.63) is 24.0 Å². The van der Waals surface area contributed by atoms with Crippen molar-refractivity contribution in [3.63, 3.8) is 0 Å². The molecule has 0 spiro atoms. The van der Waals surface area contributed by atoms with E-state index in [-0.39, 0.29) is 0 Å². The lowest BCUT2D eigenvalue weighted by molar-refractivity contribution is 0.858. The van der Waals surface area contributed by atoms with E-state index in [1.165, 1.54) is 6.42 Å². The summed E-state index contributed by atoms with van der Waals surface area (Å²) in [4.78, 5) is 5.33. The third kappa shape index (κ3) is 2.65. The Bertz CT molecular complexity index is 298. The van der Waals surface area contributed by atoms with E-state index in [9.17, 15) is 0 Å². The lowest BCUT2D eigenvalue weighted by Gasteiger charge is -2.08. The lowest BCUT2D eigenvalue weighted by atomic mass is 10.4. The third-order valence-corrected chi connectivity index (χ3v) is 4.06. The normalized spacial score (nSPS) is 21.4. The fourth-order valence-electron chi connectivity index (χ4n) is 1.51. The van der Waals surface area contributed by atoms with Crippen molar-refractivity contribution >= 4 is 24.4 Å². The van der Waals surface area contributed by atoms with Crippen LogP contribution in [0.1, 0.15) is 12.1 Å². The van der Waals surface area contributed by atoms with E-state index in [0.29, 0.717) is 0 Å². The highest BCUT2D eigenvalue weighted by Crippen LogP contribution is 2.23. The Kier molecular flexibility index (Phi) is 3.73. The Labute approximate surface area is 94.3 Å². The SMILES string of the molecule is Sc1cccnc1CSC1CCNC1. The van der Waals surface area contributed by atoms with Gasteiger partial charge < -0.3 is 5.32 Å². The first kappa shape index (κ1) is 10.3. The van der Waals surface area contributed by atoms with E-state index in [1.54, 1.807) is 0 Å². The van der Waals surface area contributed by atoms with Gasteiger partial charge in [0.25, 0.3) is 0 Å². The summed E-state index contributed by atoms with van der Waals surface area (Å²) < 4.78 is 0. The number of pyridine rings is 1. The van der Waals surface area contributed by atoms with Crippen LogP contribution >= 0.6 is 24.4 Å². The summed E-state index contributed by atoms with van der Waals surface area (Å²) in [7, 11) is 0. The fourth-order valence-corrected chi connectivity index (χ4v) is 2.98. The van der Waals surface area contributed by atoms with Crippen LogP contribution in [0.4, 0.5) is 0 Å². The second kappa shape index (κ2) is 5.05. The molecule has 14 heavy (non-hydrogen) atoms. The zero-order valence-electron chi connectivity index (χ0n) is 7.94. The fraction of sp³-hybridized carbons (Fsp3) is 0.500. The van der Waals surface area contributed by atoms with Crippen LogP contribution in [0.5, 0.6) is 0 Å². The molecule has 0 saturated carbocycles. The molecule has 4 heteroatoms. The molecule has 2 heterocycles. The van der Waals surface area contributed by atoms with Crippen molar-refractivity contribution in [2.24, 2.45) is 0 Å². The molecule has 1 saturated heterocycles. The van der Waals surface area contributed by atoms with Crippen molar-refractivity contribution in [3.8, 4) is 0 Å². The summed E-state index contributed by atoms with van der Waals surface area (Å²) in [5, 5.41) is 4.12. The molecule has 1 atom stereocenters. The number of thioether (sulfide) groups is 1. The minimum atomic E-state index is 0.754. The Hall–Kier alpha value is -0.190. The van der Waals surface area contributed by atoms with E-state index < -0.39 is 0 Å². The minimum Gasteiger partial charge on any atom is -0.316 e. The van der Waals surface area contributed by atoms with E-state index in [1.807, 2.05) is 30.1 Å². The van der Waals surface area contributed by atoms with Crippen LogP contribution in [0.2, 0.25) is 0 Å². The topological polar surface area (TPSA) is 24.9 Å². The number of rotatable bonds is 3. The monoisotopic (exact) mass is 226 g/mol. The molecule has 76 valence electrons. The highest BCUT2D eigenvalue weighted by atomic mass is 32.2. The zero-order chi connectivity index (χ0) is 9.80. The summed E-state index contributed by atoms with van der Waals surface area (Å²) >= 11 is 6.36. The maximum atomic E-state index is 4.38. The molecular formula is C10H14N2S2. The number of nitrogens with one attached hydrogen (secondary N) is 1. The van der Waals surface area contributed by atoms with Crippen molar-refractivity contribution in [2.45, 2.75) is 22.3 Å². The van der Waals surface area contributed by atoms with Crippen LogP contribution in [0.15, 0.2) is 23.2 Å². The number of hydrogen-bond acceptors (Lipinski definition) is 4. The molecule has 0 amide bonds. The van der Waals surface area contributed by atoms with Gasteiger partial charge in [-0.25, -0.2) is 0 Å². The van der Waals surface area contributed by atoms with E-state index in [0.717, 1.165) is 34.7 Å². The number of thiol groups is 1. The van der Waals surface area contributed by atoms with Gasteiger partial charge in [0.2, 0.25) is 0 Å². The quantitative estimate of drug-likeness (QED) is 0.771. The van der Waals surface area contributed by atoms with E-state index in [4.69, 9.17) is 0 Å². The molecule has 1 aliphatic heterocycles. The molecule has 1 aliphatic rings. The molecule has 2 nitrogen and oxygen atoms in total. The van der Waals surface area contributed by atoms with Gasteiger partial charge in [-0.15, -0.1) is 12.6 Å². The van der Waals surface area contributed by atoms with Crippen LogP contribution < -0.4 is 5.32 Å². The molecule has 0 aromatic carbocycles. The van der Waals surface area contributed by atoms with Gasteiger partial charge in [0, 0.05) is 28.6 Å². The third-order valence-electron chi connectivity index (χ3n) is 2.34. The van der Waals surface area contributed by atoms with Crippen molar-refractivity contribution < 1.29 is 0 Å². The van der Waals surface area contributed by atoms with Crippen LogP contribution in [0.25, 0.3) is 0 Å². The smallest absolute Gasteiger partial charge is 0.0635 e. The molecule has 1 unspecified atom stereocenters. The predicted octanol–water partition coefficient (Wildman–Crippen LogP) is 1.97. The van der Waals surface area contributed by atoms with E-state index >= 15 is 0 Å². The summed E-state index contributed by atoms with van der Waals surface area (Å²) in [6.45, 7) is 2.30. The molecular weight excluding hydrogens is 212 g/mol. The minimum absolute atomic E-state index is 0.754. The van der Waals surface area contributed by atoms with Crippen molar-refractivity contribution in [1.82, 2.24) is 10.3 Å². The molecule has 1 aromatic rings. The lowest BCUT2D eigenvalue weighted by Crippen LogP contribution is -2.10. The summed E-state index contributed by atoms with van der Waals surface area (Å²) in [6, 6.07) is 3.92. The molecule has 0 radical (unpaired) electrons. The predicted molar refractivity (Wildman–Crippen MR) is 64.1 cm³/mol. The van der Waals surface area contributed by atoms with Crippen LogP contribution in [0.3, 0.4) is 0 Å². The van der Waals surface area contributed by atoms with Gasteiger partial charge in [-0.05, 0) is 25.1 Å². The van der Waals surface area contributed by atoms with Gasteiger partial charge >= 0.3 is 0 Å². The highest BCUT2D eigenvalue weighted by molar-refractivity contribution is 7.99. The largest absolute Gasteiger partial charge is 0.316 e. The van der Waals surface area contributed by atoms with Crippen LogP contribution in [-0.2, 0) is 5.75 Å². The first-order valence-electron chi connectivity index (χ1n) is 4.81. The maximum absolute atomic E-state index is 4.38. The van der Waals surface area contributed by atoms with Gasteiger partial charge in [0.05, 0.1) is 5.69 Å².